The van der Waals surface area contributed by atoms with Crippen molar-refractivity contribution < 1.29 is 14.3 Å². The van der Waals surface area contributed by atoms with E-state index in [1.165, 1.54) is 4.90 Å². The highest BCUT2D eigenvalue weighted by molar-refractivity contribution is 14.0. The predicted molar refractivity (Wildman–Crippen MR) is 120 cm³/mol. The minimum atomic E-state index is -0.0569. The predicted octanol–water partition coefficient (Wildman–Crippen LogP) is 2.28. The first-order valence-corrected chi connectivity index (χ1v) is 8.36. The quantitative estimate of drug-likeness (QED) is 0.262. The van der Waals surface area contributed by atoms with Crippen molar-refractivity contribution in [3.8, 4) is 11.5 Å². The van der Waals surface area contributed by atoms with E-state index < -0.39 is 0 Å². The van der Waals surface area contributed by atoms with Crippen LogP contribution in [0.3, 0.4) is 0 Å². The molecule has 0 bridgehead atoms. The van der Waals surface area contributed by atoms with Crippen LogP contribution in [0.15, 0.2) is 29.8 Å². The number of halogens is 1. The molecule has 1 aromatic rings. The van der Waals surface area contributed by atoms with Crippen LogP contribution in [0, 0.1) is 6.92 Å². The molecule has 1 N–H and O–H groups in total. The van der Waals surface area contributed by atoms with E-state index >= 15 is 0 Å². The molecule has 7 nitrogen and oxygen atoms in total. The van der Waals surface area contributed by atoms with Crippen LogP contribution in [-0.2, 0) is 11.3 Å². The molecular formula is C19H31IN4O3. The maximum absolute atomic E-state index is 11.8. The minimum absolute atomic E-state index is 0. The Kier molecular flexibility index (Phi) is 11.5. The van der Waals surface area contributed by atoms with E-state index in [4.69, 9.17) is 9.47 Å². The highest BCUT2D eigenvalue weighted by Gasteiger charge is 2.13. The van der Waals surface area contributed by atoms with E-state index in [1.807, 2.05) is 31.0 Å². The zero-order valence-corrected chi connectivity index (χ0v) is 19.4. The average molecular weight is 490 g/mol. The summed E-state index contributed by atoms with van der Waals surface area (Å²) in [6.45, 7) is 6.98. The third-order valence-electron chi connectivity index (χ3n) is 3.88. The number of amides is 1. The number of ether oxygens (including phenoxy) is 2. The van der Waals surface area contributed by atoms with Gasteiger partial charge in [-0.15, -0.1) is 30.6 Å². The van der Waals surface area contributed by atoms with Crippen LogP contribution < -0.4 is 14.8 Å². The summed E-state index contributed by atoms with van der Waals surface area (Å²) in [5.41, 5.74) is 2.17. The summed E-state index contributed by atoms with van der Waals surface area (Å²) in [5.74, 6) is 1.96. The highest BCUT2D eigenvalue weighted by atomic mass is 127. The number of methoxy groups -OCH3 is 2. The van der Waals surface area contributed by atoms with Crippen LogP contribution in [0.1, 0.15) is 11.1 Å². The van der Waals surface area contributed by atoms with Crippen molar-refractivity contribution >= 4 is 35.8 Å². The van der Waals surface area contributed by atoms with Gasteiger partial charge in [0.05, 0.1) is 14.2 Å². The number of aliphatic imine (C=N–C) groups is 1. The van der Waals surface area contributed by atoms with Crippen molar-refractivity contribution in [2.45, 2.75) is 13.5 Å². The summed E-state index contributed by atoms with van der Waals surface area (Å²) in [7, 11) is 8.59. The smallest absolute Gasteiger partial charge is 0.243 e. The van der Waals surface area contributed by atoms with Crippen LogP contribution >= 0.6 is 24.0 Å². The zero-order chi connectivity index (χ0) is 19.7. The Bertz CT molecular complexity index is 663. The number of hydrogen-bond acceptors (Lipinski definition) is 4. The largest absolute Gasteiger partial charge is 0.493 e. The van der Waals surface area contributed by atoms with Crippen molar-refractivity contribution in [2.75, 3.05) is 48.5 Å². The lowest BCUT2D eigenvalue weighted by Gasteiger charge is -2.24. The highest BCUT2D eigenvalue weighted by Crippen LogP contribution is 2.30. The minimum Gasteiger partial charge on any atom is -0.493 e. The van der Waals surface area contributed by atoms with Gasteiger partial charge < -0.3 is 24.6 Å². The molecule has 1 amide bonds. The number of hydrogen-bond donors (Lipinski definition) is 1. The second-order valence-electron chi connectivity index (χ2n) is 6.09. The summed E-state index contributed by atoms with van der Waals surface area (Å²) in [5, 5.41) is 3.19. The zero-order valence-electron chi connectivity index (χ0n) is 17.0. The summed E-state index contributed by atoms with van der Waals surface area (Å²) < 4.78 is 10.7. The van der Waals surface area contributed by atoms with Gasteiger partial charge >= 0.3 is 0 Å². The molecule has 1 aromatic carbocycles. The van der Waals surface area contributed by atoms with E-state index in [0.717, 1.165) is 11.1 Å². The molecule has 0 aromatic heterocycles. The Balaban J connectivity index is 0.00000676. The normalized spacial score (nSPS) is 10.5. The van der Waals surface area contributed by atoms with Gasteiger partial charge in [0.1, 0.15) is 6.54 Å². The molecule has 0 aliphatic carbocycles. The molecule has 0 spiro atoms. The molecular weight excluding hydrogens is 459 g/mol. The molecule has 8 heteroatoms. The standard InChI is InChI=1S/C19H30N4O3.HI/c1-8-9-20-19(21-12-18(24)22(3)4)23(5)13-15-11-17(26-7)16(25-6)10-14(15)2;/h8,10-11H,1,9,12-13H2,2-7H3,(H,20,21);1H. The number of nitrogens with one attached hydrogen (secondary N) is 1. The van der Waals surface area contributed by atoms with Crippen molar-refractivity contribution in [1.82, 2.24) is 15.1 Å². The summed E-state index contributed by atoms with van der Waals surface area (Å²) >= 11 is 0. The maximum atomic E-state index is 11.8. The lowest BCUT2D eigenvalue weighted by atomic mass is 10.1. The molecule has 0 saturated heterocycles. The molecule has 152 valence electrons. The fourth-order valence-electron chi connectivity index (χ4n) is 2.28. The van der Waals surface area contributed by atoms with Gasteiger partial charge in [-0.2, -0.15) is 0 Å². The van der Waals surface area contributed by atoms with E-state index in [2.05, 4.69) is 16.9 Å². The topological polar surface area (TPSA) is 66.4 Å². The van der Waals surface area contributed by atoms with Gasteiger partial charge in [-0.1, -0.05) is 6.08 Å². The lowest BCUT2D eigenvalue weighted by molar-refractivity contribution is -0.127. The molecule has 0 unspecified atom stereocenters. The van der Waals surface area contributed by atoms with Crippen molar-refractivity contribution in [3.63, 3.8) is 0 Å². The first-order chi connectivity index (χ1) is 12.3. The summed E-state index contributed by atoms with van der Waals surface area (Å²) in [4.78, 5) is 19.7. The van der Waals surface area contributed by atoms with E-state index in [-0.39, 0.29) is 36.4 Å². The first kappa shape index (κ1) is 25.0. The van der Waals surface area contributed by atoms with E-state index in [9.17, 15) is 4.79 Å². The Hall–Kier alpha value is -1.97. The number of carbonyl (C=O) groups excluding carboxylic acids is 1. The van der Waals surface area contributed by atoms with Gasteiger partial charge in [0, 0.05) is 34.2 Å². The van der Waals surface area contributed by atoms with Gasteiger partial charge in [-0.05, 0) is 30.2 Å². The third-order valence-corrected chi connectivity index (χ3v) is 3.88. The number of guanidine groups is 1. The molecule has 0 aliphatic rings. The number of carbonyl (C=O) groups is 1. The Morgan fingerprint density at radius 3 is 2.33 bits per heavy atom. The number of rotatable bonds is 8. The second kappa shape index (κ2) is 12.4. The molecule has 27 heavy (non-hydrogen) atoms. The van der Waals surface area contributed by atoms with E-state index in [1.54, 1.807) is 34.4 Å². The van der Waals surface area contributed by atoms with Crippen LogP contribution in [0.25, 0.3) is 0 Å². The van der Waals surface area contributed by atoms with Gasteiger partial charge in [0.15, 0.2) is 17.5 Å². The molecule has 0 fully saturated rings. The third kappa shape index (κ3) is 7.66. The van der Waals surface area contributed by atoms with Crippen LogP contribution in [0.4, 0.5) is 0 Å². The van der Waals surface area contributed by atoms with E-state index in [0.29, 0.717) is 30.5 Å². The van der Waals surface area contributed by atoms with Crippen LogP contribution in [0.2, 0.25) is 0 Å². The fraction of sp³-hybridized carbons (Fsp3) is 0.474. The molecule has 0 radical (unpaired) electrons. The van der Waals surface area contributed by atoms with Crippen LogP contribution in [0.5, 0.6) is 11.5 Å². The molecule has 0 atom stereocenters. The fourth-order valence-corrected chi connectivity index (χ4v) is 2.28. The number of aryl methyl sites for hydroxylation is 1. The van der Waals surface area contributed by atoms with Crippen molar-refractivity contribution in [1.29, 1.82) is 0 Å². The number of benzene rings is 1. The van der Waals surface area contributed by atoms with Crippen molar-refractivity contribution in [2.24, 2.45) is 4.99 Å². The summed E-state index contributed by atoms with van der Waals surface area (Å²) in [6, 6.07) is 3.91. The second-order valence-corrected chi connectivity index (χ2v) is 6.09. The molecule has 0 heterocycles. The SMILES string of the molecule is C=CCNC(=NCC(=O)N(C)C)N(C)Cc1cc(OC)c(OC)cc1C.I. The monoisotopic (exact) mass is 490 g/mol. The van der Waals surface area contributed by atoms with Crippen molar-refractivity contribution in [3.05, 3.63) is 35.9 Å². The maximum Gasteiger partial charge on any atom is 0.243 e. The van der Waals surface area contributed by atoms with Gasteiger partial charge in [0.2, 0.25) is 5.91 Å². The Labute approximate surface area is 179 Å². The van der Waals surface area contributed by atoms with Gasteiger partial charge in [0.25, 0.3) is 0 Å². The molecule has 1 rings (SSSR count). The van der Waals surface area contributed by atoms with Gasteiger partial charge in [-0.3, -0.25) is 4.79 Å². The average Bonchev–Trinajstić information content (AvgIpc) is 2.62. The first-order valence-electron chi connectivity index (χ1n) is 8.36. The molecule has 0 aliphatic heterocycles. The number of nitrogens with zero attached hydrogens (tertiary/aromatic N) is 3. The Morgan fingerprint density at radius 2 is 1.81 bits per heavy atom. The lowest BCUT2D eigenvalue weighted by Crippen LogP contribution is -2.39. The molecule has 0 saturated carbocycles. The summed E-state index contributed by atoms with van der Waals surface area (Å²) in [6.07, 6.45) is 1.75. The number of likely N-dealkylation sites (N-methyl/N-ethyl adjacent to an activating group) is 1. The van der Waals surface area contributed by atoms with Gasteiger partial charge in [-0.25, -0.2) is 4.99 Å². The Morgan fingerprint density at radius 1 is 1.22 bits per heavy atom. The van der Waals surface area contributed by atoms with Crippen LogP contribution in [-0.4, -0.2) is 70.1 Å².